The minimum absolute atomic E-state index is 0.427. The third kappa shape index (κ3) is 1.45. The quantitative estimate of drug-likeness (QED) is 0.652. The second-order valence-electron chi connectivity index (χ2n) is 6.42. The second kappa shape index (κ2) is 4.01. The fourth-order valence-corrected chi connectivity index (χ4v) is 4.86. The fourth-order valence-electron chi connectivity index (χ4n) is 4.86. The van der Waals surface area contributed by atoms with Crippen LogP contribution in [0.4, 0.5) is 0 Å². The molecule has 0 spiro atoms. The van der Waals surface area contributed by atoms with E-state index in [0.717, 1.165) is 31.3 Å². The van der Waals surface area contributed by atoms with Gasteiger partial charge in [0, 0.05) is 43.4 Å². The molecule has 0 radical (unpaired) electrons. The lowest BCUT2D eigenvalue weighted by molar-refractivity contribution is -0.147. The van der Waals surface area contributed by atoms with Crippen molar-refractivity contribution in [2.24, 2.45) is 11.8 Å². The first-order chi connectivity index (χ1) is 8.84. The Bertz CT molecular complexity index is 392. The molecule has 98 valence electrons. The Morgan fingerprint density at radius 1 is 1.22 bits per heavy atom. The van der Waals surface area contributed by atoms with E-state index in [1.54, 1.807) is 0 Å². The van der Waals surface area contributed by atoms with Gasteiger partial charge in [0.15, 0.2) is 0 Å². The van der Waals surface area contributed by atoms with Crippen molar-refractivity contribution in [3.05, 3.63) is 12.3 Å². The molecule has 4 atom stereocenters. The summed E-state index contributed by atoms with van der Waals surface area (Å²) >= 11 is 0. The number of hydrogen-bond donors (Lipinski definition) is 0. The maximum atomic E-state index is 12.2. The molecule has 0 N–H and O–H groups in total. The molecule has 4 rings (SSSR count). The van der Waals surface area contributed by atoms with Crippen LogP contribution in [0.25, 0.3) is 0 Å². The highest BCUT2D eigenvalue weighted by Crippen LogP contribution is 2.44. The lowest BCUT2D eigenvalue weighted by Crippen LogP contribution is -2.64. The van der Waals surface area contributed by atoms with Crippen molar-refractivity contribution < 1.29 is 4.79 Å². The third-order valence-corrected chi connectivity index (χ3v) is 5.53. The molecule has 0 aromatic rings. The van der Waals surface area contributed by atoms with Crippen molar-refractivity contribution in [2.75, 3.05) is 13.1 Å². The lowest BCUT2D eigenvalue weighted by atomic mass is 9.69. The molecule has 0 bridgehead atoms. The molecule has 0 saturated carbocycles. The number of amides is 1. The SMILES string of the molecule is O=C1CCCC2C3CCCN4C=CCC(CN12)C34. The first-order valence-corrected chi connectivity index (χ1v) is 7.56. The number of fused-ring (bicyclic) bond motifs is 2. The van der Waals surface area contributed by atoms with Gasteiger partial charge in [-0.25, -0.2) is 0 Å². The van der Waals surface area contributed by atoms with E-state index < -0.39 is 0 Å². The Kier molecular flexibility index (Phi) is 2.42. The van der Waals surface area contributed by atoms with Crippen LogP contribution in [-0.2, 0) is 4.79 Å². The zero-order valence-electron chi connectivity index (χ0n) is 10.9. The molecule has 4 heterocycles. The zero-order valence-corrected chi connectivity index (χ0v) is 10.9. The molecule has 3 heteroatoms. The van der Waals surface area contributed by atoms with Gasteiger partial charge in [-0.2, -0.15) is 0 Å². The van der Waals surface area contributed by atoms with E-state index in [1.807, 2.05) is 0 Å². The Hall–Kier alpha value is -0.990. The maximum Gasteiger partial charge on any atom is 0.222 e. The van der Waals surface area contributed by atoms with Gasteiger partial charge in [0.05, 0.1) is 0 Å². The highest BCUT2D eigenvalue weighted by Gasteiger charge is 2.49. The number of rotatable bonds is 0. The van der Waals surface area contributed by atoms with Crippen LogP contribution in [0, 0.1) is 11.8 Å². The van der Waals surface area contributed by atoms with Crippen LogP contribution in [0.2, 0.25) is 0 Å². The summed E-state index contributed by atoms with van der Waals surface area (Å²) in [4.78, 5) is 17.0. The van der Waals surface area contributed by atoms with Gasteiger partial charge in [-0.05, 0) is 38.3 Å². The van der Waals surface area contributed by atoms with Crippen LogP contribution in [0.15, 0.2) is 12.3 Å². The molecule has 3 fully saturated rings. The highest BCUT2D eigenvalue weighted by molar-refractivity contribution is 5.77. The molecule has 3 saturated heterocycles. The molecule has 4 aliphatic heterocycles. The highest BCUT2D eigenvalue weighted by atomic mass is 16.2. The van der Waals surface area contributed by atoms with Crippen LogP contribution in [0.3, 0.4) is 0 Å². The molecule has 4 unspecified atom stereocenters. The average Bonchev–Trinajstić information content (AvgIpc) is 2.41. The Labute approximate surface area is 109 Å². The Morgan fingerprint density at radius 3 is 3.11 bits per heavy atom. The van der Waals surface area contributed by atoms with Crippen LogP contribution in [0.1, 0.15) is 38.5 Å². The van der Waals surface area contributed by atoms with Crippen molar-refractivity contribution in [2.45, 2.75) is 50.6 Å². The molecule has 0 aromatic heterocycles. The van der Waals surface area contributed by atoms with Crippen molar-refractivity contribution >= 4 is 5.91 Å². The van der Waals surface area contributed by atoms with Crippen LogP contribution in [0.5, 0.6) is 0 Å². The molecule has 4 aliphatic rings. The van der Waals surface area contributed by atoms with E-state index in [4.69, 9.17) is 0 Å². The monoisotopic (exact) mass is 246 g/mol. The number of carbonyl (C=O) groups excluding carboxylic acids is 1. The predicted octanol–water partition coefficient (Wildman–Crippen LogP) is 2.00. The van der Waals surface area contributed by atoms with E-state index in [-0.39, 0.29) is 0 Å². The first kappa shape index (κ1) is 10.9. The Balaban J connectivity index is 1.69. The number of nitrogens with zero attached hydrogens (tertiary/aromatic N) is 2. The van der Waals surface area contributed by atoms with Gasteiger partial charge in [-0.1, -0.05) is 6.08 Å². The van der Waals surface area contributed by atoms with Crippen molar-refractivity contribution in [1.82, 2.24) is 9.80 Å². The zero-order chi connectivity index (χ0) is 12.1. The Morgan fingerprint density at radius 2 is 2.17 bits per heavy atom. The van der Waals surface area contributed by atoms with Crippen molar-refractivity contribution in [3.63, 3.8) is 0 Å². The molecule has 0 aliphatic carbocycles. The van der Waals surface area contributed by atoms with Crippen LogP contribution < -0.4 is 0 Å². The van der Waals surface area contributed by atoms with E-state index in [1.165, 1.54) is 32.2 Å². The van der Waals surface area contributed by atoms with E-state index in [2.05, 4.69) is 22.1 Å². The molecule has 18 heavy (non-hydrogen) atoms. The summed E-state index contributed by atoms with van der Waals surface area (Å²) in [5.41, 5.74) is 0. The topological polar surface area (TPSA) is 23.6 Å². The normalized spacial score (nSPS) is 42.6. The smallest absolute Gasteiger partial charge is 0.222 e. The molecule has 0 aromatic carbocycles. The summed E-state index contributed by atoms with van der Waals surface area (Å²) < 4.78 is 0. The minimum atomic E-state index is 0.427. The predicted molar refractivity (Wildman–Crippen MR) is 69.8 cm³/mol. The van der Waals surface area contributed by atoms with Gasteiger partial charge in [-0.15, -0.1) is 0 Å². The first-order valence-electron chi connectivity index (χ1n) is 7.56. The molecular weight excluding hydrogens is 224 g/mol. The molecule has 3 nitrogen and oxygen atoms in total. The third-order valence-electron chi connectivity index (χ3n) is 5.53. The fraction of sp³-hybridized carbons (Fsp3) is 0.800. The van der Waals surface area contributed by atoms with Crippen molar-refractivity contribution in [3.8, 4) is 0 Å². The van der Waals surface area contributed by atoms with Gasteiger partial charge in [-0.3, -0.25) is 4.79 Å². The van der Waals surface area contributed by atoms with E-state index in [0.29, 0.717) is 17.9 Å². The van der Waals surface area contributed by atoms with E-state index >= 15 is 0 Å². The van der Waals surface area contributed by atoms with Gasteiger partial charge in [0.2, 0.25) is 5.91 Å². The number of carbonyl (C=O) groups is 1. The summed E-state index contributed by atoms with van der Waals surface area (Å²) in [6.45, 7) is 2.25. The molecular formula is C15H22N2O. The van der Waals surface area contributed by atoms with Gasteiger partial charge < -0.3 is 9.80 Å². The number of piperidine rings is 3. The number of allylic oxidation sites excluding steroid dienone is 1. The summed E-state index contributed by atoms with van der Waals surface area (Å²) in [5, 5.41) is 0. The average molecular weight is 246 g/mol. The largest absolute Gasteiger partial charge is 0.374 e. The van der Waals surface area contributed by atoms with Crippen LogP contribution >= 0.6 is 0 Å². The standard InChI is InChI=1S/C15H22N2O/c18-14-7-1-6-13-12-5-3-9-16-8-2-4-11(15(12)16)10-17(13)14/h2,8,11-13,15H,1,3-7,9-10H2. The van der Waals surface area contributed by atoms with Crippen LogP contribution in [-0.4, -0.2) is 40.9 Å². The van der Waals surface area contributed by atoms with E-state index in [9.17, 15) is 4.79 Å². The van der Waals surface area contributed by atoms with Gasteiger partial charge in [0.1, 0.15) is 0 Å². The van der Waals surface area contributed by atoms with Gasteiger partial charge >= 0.3 is 0 Å². The second-order valence-corrected chi connectivity index (χ2v) is 6.42. The number of hydrogen-bond acceptors (Lipinski definition) is 2. The maximum absolute atomic E-state index is 12.2. The lowest BCUT2D eigenvalue weighted by Gasteiger charge is -2.57. The van der Waals surface area contributed by atoms with Crippen molar-refractivity contribution in [1.29, 1.82) is 0 Å². The summed E-state index contributed by atoms with van der Waals surface area (Å²) in [6, 6.07) is 1.29. The summed E-state index contributed by atoms with van der Waals surface area (Å²) in [6.07, 6.45) is 11.6. The van der Waals surface area contributed by atoms with Gasteiger partial charge in [0.25, 0.3) is 0 Å². The minimum Gasteiger partial charge on any atom is -0.374 e. The summed E-state index contributed by atoms with van der Waals surface area (Å²) in [5.74, 6) is 1.86. The molecule has 1 amide bonds. The summed E-state index contributed by atoms with van der Waals surface area (Å²) in [7, 11) is 0.